The first kappa shape index (κ1) is 15.3. The van der Waals surface area contributed by atoms with Crippen molar-refractivity contribution in [1.82, 2.24) is 4.98 Å². The van der Waals surface area contributed by atoms with Gasteiger partial charge in [-0.05, 0) is 29.8 Å². The molecule has 6 heteroatoms. The summed E-state index contributed by atoms with van der Waals surface area (Å²) >= 11 is 0. The van der Waals surface area contributed by atoms with Gasteiger partial charge in [0.1, 0.15) is 5.75 Å². The number of nitrogens with two attached hydrogens (primary N) is 1. The number of hydrogen-bond donors (Lipinski definition) is 1. The summed E-state index contributed by atoms with van der Waals surface area (Å²) < 4.78 is 43.9. The Morgan fingerprint density at radius 2 is 1.76 bits per heavy atom. The number of para-hydroxylation sites is 1. The molecule has 2 rings (SSSR count). The molecule has 2 N–H and O–H groups in total. The molecule has 1 unspecified atom stereocenters. The summed E-state index contributed by atoms with van der Waals surface area (Å²) in [4.78, 5) is 3.90. The van der Waals surface area contributed by atoms with Crippen molar-refractivity contribution in [2.45, 2.75) is 12.1 Å². The highest BCUT2D eigenvalue weighted by atomic mass is 19.4. The fraction of sp³-hybridized carbons (Fsp3) is 0.267. The number of nitrogens with zero attached hydrogens (tertiary/aromatic N) is 1. The lowest BCUT2D eigenvalue weighted by Crippen LogP contribution is -2.20. The molecule has 0 saturated carbocycles. The minimum atomic E-state index is -4.44. The summed E-state index contributed by atoms with van der Waals surface area (Å²) in [7, 11) is 0. The summed E-state index contributed by atoms with van der Waals surface area (Å²) in [5.41, 5.74) is 5.77. The van der Waals surface area contributed by atoms with Crippen molar-refractivity contribution < 1.29 is 17.9 Å². The van der Waals surface area contributed by atoms with Crippen molar-refractivity contribution >= 4 is 0 Å². The molecule has 0 bridgehead atoms. The molecule has 0 aliphatic heterocycles. The molecule has 1 atom stereocenters. The van der Waals surface area contributed by atoms with Gasteiger partial charge in [-0.15, -0.1) is 0 Å². The van der Waals surface area contributed by atoms with E-state index in [0.29, 0.717) is 0 Å². The Morgan fingerprint density at radius 1 is 1.10 bits per heavy atom. The van der Waals surface area contributed by atoms with E-state index >= 15 is 0 Å². The Kier molecular flexibility index (Phi) is 4.80. The van der Waals surface area contributed by atoms with Gasteiger partial charge in [0.25, 0.3) is 0 Å². The Hall–Kier alpha value is -2.08. The van der Waals surface area contributed by atoms with Crippen molar-refractivity contribution in [2.24, 2.45) is 5.73 Å². The quantitative estimate of drug-likeness (QED) is 0.921. The summed E-state index contributed by atoms with van der Waals surface area (Å²) in [5.74, 6) is -0.369. The molecule has 21 heavy (non-hydrogen) atoms. The second-order valence-electron chi connectivity index (χ2n) is 4.52. The minimum Gasteiger partial charge on any atom is -0.492 e. The van der Waals surface area contributed by atoms with Crippen molar-refractivity contribution in [2.75, 3.05) is 13.2 Å². The predicted octanol–water partition coefficient (Wildman–Crippen LogP) is 3.22. The van der Waals surface area contributed by atoms with Gasteiger partial charge in [-0.1, -0.05) is 12.1 Å². The first-order chi connectivity index (χ1) is 10.0. The van der Waals surface area contributed by atoms with E-state index in [1.54, 1.807) is 24.5 Å². The number of benzene rings is 1. The van der Waals surface area contributed by atoms with Crippen LogP contribution in [0.5, 0.6) is 5.75 Å². The number of hydrogen-bond acceptors (Lipinski definition) is 3. The third kappa shape index (κ3) is 3.95. The van der Waals surface area contributed by atoms with E-state index in [1.165, 1.54) is 18.2 Å². The first-order valence-corrected chi connectivity index (χ1v) is 6.41. The molecule has 0 radical (unpaired) electrons. The lowest BCUT2D eigenvalue weighted by molar-refractivity contribution is -0.139. The van der Waals surface area contributed by atoms with Crippen LogP contribution in [0, 0.1) is 0 Å². The number of halogens is 3. The lowest BCUT2D eigenvalue weighted by Gasteiger charge is -2.18. The van der Waals surface area contributed by atoms with E-state index in [1.807, 2.05) is 0 Å². The average molecular weight is 296 g/mol. The molecule has 0 spiro atoms. The van der Waals surface area contributed by atoms with Crippen LogP contribution in [0.1, 0.15) is 17.0 Å². The van der Waals surface area contributed by atoms with Crippen LogP contribution in [0.15, 0.2) is 48.8 Å². The summed E-state index contributed by atoms with van der Waals surface area (Å²) in [5, 5.41) is 0. The summed E-state index contributed by atoms with van der Waals surface area (Å²) in [6, 6.07) is 8.70. The van der Waals surface area contributed by atoms with E-state index in [-0.39, 0.29) is 24.8 Å². The zero-order valence-corrected chi connectivity index (χ0v) is 11.2. The third-order valence-corrected chi connectivity index (χ3v) is 3.09. The van der Waals surface area contributed by atoms with Crippen molar-refractivity contribution in [3.05, 3.63) is 59.9 Å². The van der Waals surface area contributed by atoms with Crippen molar-refractivity contribution in [3.8, 4) is 5.75 Å². The Morgan fingerprint density at radius 3 is 2.38 bits per heavy atom. The topological polar surface area (TPSA) is 48.1 Å². The Bertz CT molecular complexity index is 573. The average Bonchev–Trinajstić information content (AvgIpc) is 2.48. The van der Waals surface area contributed by atoms with Crippen LogP contribution in [0.2, 0.25) is 0 Å². The van der Waals surface area contributed by atoms with Crippen LogP contribution in [0.3, 0.4) is 0 Å². The standard InChI is InChI=1S/C15H15F3N2O/c16-15(17,18)13-3-1-2-4-14(13)21-10-12(9-19)11-5-7-20-8-6-11/h1-8,12H,9-10,19H2. The number of rotatable bonds is 5. The zero-order chi connectivity index (χ0) is 15.3. The maximum atomic E-state index is 12.9. The molecule has 112 valence electrons. The molecule has 3 nitrogen and oxygen atoms in total. The van der Waals surface area contributed by atoms with Gasteiger partial charge in [0.05, 0.1) is 12.2 Å². The molecule has 0 aliphatic carbocycles. The van der Waals surface area contributed by atoms with Gasteiger partial charge < -0.3 is 10.5 Å². The lowest BCUT2D eigenvalue weighted by atomic mass is 10.0. The highest BCUT2D eigenvalue weighted by molar-refractivity contribution is 5.35. The molecule has 0 aliphatic rings. The largest absolute Gasteiger partial charge is 0.492 e. The predicted molar refractivity (Wildman–Crippen MR) is 73.0 cm³/mol. The molecule has 1 heterocycles. The SMILES string of the molecule is NCC(COc1ccccc1C(F)(F)F)c1ccncc1. The van der Waals surface area contributed by atoms with Crippen LogP contribution < -0.4 is 10.5 Å². The third-order valence-electron chi connectivity index (χ3n) is 3.09. The summed E-state index contributed by atoms with van der Waals surface area (Å²) in [6.07, 6.45) is -1.21. The van der Waals surface area contributed by atoms with Crippen LogP contribution in [-0.4, -0.2) is 18.1 Å². The molecule has 0 fully saturated rings. The zero-order valence-electron chi connectivity index (χ0n) is 11.2. The molecule has 2 aromatic rings. The summed E-state index contributed by atoms with van der Waals surface area (Å²) in [6.45, 7) is 0.353. The van der Waals surface area contributed by atoms with Gasteiger partial charge in [0.2, 0.25) is 0 Å². The molecular weight excluding hydrogens is 281 g/mol. The molecule has 1 aromatic heterocycles. The van der Waals surface area contributed by atoms with E-state index in [4.69, 9.17) is 10.5 Å². The Balaban J connectivity index is 2.13. The fourth-order valence-corrected chi connectivity index (χ4v) is 1.95. The monoisotopic (exact) mass is 296 g/mol. The van der Waals surface area contributed by atoms with Crippen LogP contribution in [0.4, 0.5) is 13.2 Å². The van der Waals surface area contributed by atoms with E-state index in [0.717, 1.165) is 11.6 Å². The van der Waals surface area contributed by atoms with Gasteiger partial charge in [0, 0.05) is 24.9 Å². The number of ether oxygens (including phenoxy) is 1. The second-order valence-corrected chi connectivity index (χ2v) is 4.52. The number of aromatic nitrogens is 1. The van der Waals surface area contributed by atoms with Crippen LogP contribution >= 0.6 is 0 Å². The van der Waals surface area contributed by atoms with Crippen molar-refractivity contribution in [3.63, 3.8) is 0 Å². The van der Waals surface area contributed by atoms with Crippen LogP contribution in [-0.2, 0) is 6.18 Å². The van der Waals surface area contributed by atoms with Crippen LogP contribution in [0.25, 0.3) is 0 Å². The maximum absolute atomic E-state index is 12.9. The highest BCUT2D eigenvalue weighted by Crippen LogP contribution is 2.36. The van der Waals surface area contributed by atoms with Gasteiger partial charge in [-0.25, -0.2) is 0 Å². The molecule has 0 saturated heterocycles. The second kappa shape index (κ2) is 6.58. The Labute approximate surface area is 120 Å². The smallest absolute Gasteiger partial charge is 0.419 e. The molecular formula is C15H15F3N2O. The normalized spacial score (nSPS) is 13.0. The molecule has 1 aromatic carbocycles. The minimum absolute atomic E-state index is 0.0770. The van der Waals surface area contributed by atoms with Gasteiger partial charge in [-0.3, -0.25) is 4.98 Å². The fourth-order valence-electron chi connectivity index (χ4n) is 1.95. The number of pyridine rings is 1. The molecule has 0 amide bonds. The van der Waals surface area contributed by atoms with Gasteiger partial charge >= 0.3 is 6.18 Å². The van der Waals surface area contributed by atoms with Gasteiger partial charge in [0.15, 0.2) is 0 Å². The van der Waals surface area contributed by atoms with E-state index in [2.05, 4.69) is 4.98 Å². The van der Waals surface area contributed by atoms with Crippen molar-refractivity contribution in [1.29, 1.82) is 0 Å². The maximum Gasteiger partial charge on any atom is 0.419 e. The number of alkyl halides is 3. The first-order valence-electron chi connectivity index (χ1n) is 6.41. The highest BCUT2D eigenvalue weighted by Gasteiger charge is 2.34. The van der Waals surface area contributed by atoms with E-state index in [9.17, 15) is 13.2 Å². The van der Waals surface area contributed by atoms with Gasteiger partial charge in [-0.2, -0.15) is 13.2 Å². The van der Waals surface area contributed by atoms with E-state index < -0.39 is 11.7 Å².